The number of aromatic carboxylic acids is 1. The Morgan fingerprint density at radius 2 is 2.27 bits per heavy atom. The monoisotopic (exact) mass is 281 g/mol. The summed E-state index contributed by atoms with van der Waals surface area (Å²) < 4.78 is 29.3. The van der Waals surface area contributed by atoms with Crippen LogP contribution in [0.2, 0.25) is 0 Å². The Morgan fingerprint density at radius 3 is 2.67 bits per heavy atom. The number of rotatable bonds is 3. The molecule has 0 saturated heterocycles. The van der Waals surface area contributed by atoms with Crippen molar-refractivity contribution in [3.05, 3.63) is 21.8 Å². The molecule has 0 aliphatic carbocycles. The molecule has 1 heterocycles. The van der Waals surface area contributed by atoms with Gasteiger partial charge in [-0.15, -0.1) is 0 Å². The van der Waals surface area contributed by atoms with Crippen LogP contribution in [0.4, 0.5) is 8.78 Å². The van der Waals surface area contributed by atoms with E-state index in [1.165, 1.54) is 7.11 Å². The summed E-state index contributed by atoms with van der Waals surface area (Å²) in [6.45, 7) is 0. The van der Waals surface area contributed by atoms with Crippen molar-refractivity contribution in [2.24, 2.45) is 0 Å². The van der Waals surface area contributed by atoms with Gasteiger partial charge in [0.25, 0.3) is 6.43 Å². The molecule has 4 nitrogen and oxygen atoms in total. The van der Waals surface area contributed by atoms with Crippen molar-refractivity contribution in [3.8, 4) is 5.88 Å². The summed E-state index contributed by atoms with van der Waals surface area (Å²) in [4.78, 5) is 14.3. The fourth-order valence-electron chi connectivity index (χ4n) is 0.980. The van der Waals surface area contributed by atoms with Gasteiger partial charge in [-0.25, -0.2) is 18.6 Å². The Kier molecular flexibility index (Phi) is 3.57. The van der Waals surface area contributed by atoms with Crippen LogP contribution in [0.5, 0.6) is 5.88 Å². The maximum Gasteiger partial charge on any atom is 0.342 e. The first-order valence-corrected chi connectivity index (χ1v) is 4.52. The van der Waals surface area contributed by atoms with Crippen molar-refractivity contribution >= 4 is 21.9 Å². The molecule has 0 aliphatic heterocycles. The largest absolute Gasteiger partial charge is 0.480 e. The topological polar surface area (TPSA) is 59.4 Å². The molecule has 1 N–H and O–H groups in total. The fourth-order valence-corrected chi connectivity index (χ4v) is 1.59. The Hall–Kier alpha value is -1.24. The van der Waals surface area contributed by atoms with E-state index in [4.69, 9.17) is 5.11 Å². The van der Waals surface area contributed by atoms with Gasteiger partial charge in [0.1, 0.15) is 5.56 Å². The van der Waals surface area contributed by atoms with Gasteiger partial charge in [-0.3, -0.25) is 0 Å². The number of methoxy groups -OCH3 is 1. The van der Waals surface area contributed by atoms with Gasteiger partial charge in [0.05, 0.1) is 12.7 Å². The Bertz CT molecular complexity index is 398. The van der Waals surface area contributed by atoms with Gasteiger partial charge in [-0.1, -0.05) is 0 Å². The van der Waals surface area contributed by atoms with Crippen molar-refractivity contribution in [1.29, 1.82) is 0 Å². The molecule has 15 heavy (non-hydrogen) atoms. The van der Waals surface area contributed by atoms with Crippen LogP contribution in [0.3, 0.4) is 0 Å². The highest BCUT2D eigenvalue weighted by atomic mass is 79.9. The van der Waals surface area contributed by atoms with E-state index in [9.17, 15) is 13.6 Å². The highest BCUT2D eigenvalue weighted by Gasteiger charge is 2.23. The number of halogens is 3. The number of aromatic nitrogens is 1. The van der Waals surface area contributed by atoms with Crippen LogP contribution in [0.1, 0.15) is 22.3 Å². The van der Waals surface area contributed by atoms with E-state index < -0.39 is 23.5 Å². The maximum absolute atomic E-state index is 12.4. The summed E-state index contributed by atoms with van der Waals surface area (Å²) >= 11 is 2.79. The molecule has 7 heteroatoms. The molecule has 0 unspecified atom stereocenters. The number of carbonyl (C=O) groups is 1. The van der Waals surface area contributed by atoms with Crippen LogP contribution in [0.15, 0.2) is 10.7 Å². The van der Waals surface area contributed by atoms with Crippen LogP contribution in [0.25, 0.3) is 0 Å². The quantitative estimate of drug-likeness (QED) is 0.925. The third-order valence-corrected chi connectivity index (χ3v) is 2.50. The molecule has 1 aromatic rings. The molecule has 0 amide bonds. The molecule has 0 fully saturated rings. The van der Waals surface area contributed by atoms with E-state index >= 15 is 0 Å². The van der Waals surface area contributed by atoms with Crippen LogP contribution in [0, 0.1) is 0 Å². The number of hydrogen-bond donors (Lipinski definition) is 1. The first-order valence-electron chi connectivity index (χ1n) is 3.72. The lowest BCUT2D eigenvalue weighted by molar-refractivity contribution is 0.0690. The van der Waals surface area contributed by atoms with Gasteiger partial charge in [-0.2, -0.15) is 0 Å². The standard InChI is InChI=1S/C8H6BrF2NO3/c1-15-7-4(8(13)14)5(9)3(2-12-7)6(10)11/h2,6H,1H3,(H,13,14). The zero-order valence-electron chi connectivity index (χ0n) is 7.50. The van der Waals surface area contributed by atoms with E-state index in [2.05, 4.69) is 25.7 Å². The number of pyridine rings is 1. The van der Waals surface area contributed by atoms with Crippen LogP contribution in [-0.2, 0) is 0 Å². The second-order valence-electron chi connectivity index (χ2n) is 2.52. The lowest BCUT2D eigenvalue weighted by Crippen LogP contribution is -2.06. The second-order valence-corrected chi connectivity index (χ2v) is 3.31. The van der Waals surface area contributed by atoms with Gasteiger partial charge < -0.3 is 9.84 Å². The number of carboxylic acids is 1. The maximum atomic E-state index is 12.4. The summed E-state index contributed by atoms with van der Waals surface area (Å²) in [6.07, 6.45) is -1.92. The highest BCUT2D eigenvalue weighted by molar-refractivity contribution is 9.10. The number of carboxylic acid groups (broad SMARTS) is 1. The molecule has 0 aromatic carbocycles. The fraction of sp³-hybridized carbons (Fsp3) is 0.250. The zero-order chi connectivity index (χ0) is 11.6. The molecule has 0 aliphatic rings. The van der Waals surface area contributed by atoms with E-state index in [1.807, 2.05) is 0 Å². The molecule has 0 saturated carbocycles. The summed E-state index contributed by atoms with van der Waals surface area (Å²) in [5, 5.41) is 8.79. The predicted octanol–water partition coefficient (Wildman–Crippen LogP) is 2.49. The minimum Gasteiger partial charge on any atom is -0.480 e. The minimum atomic E-state index is -2.80. The van der Waals surface area contributed by atoms with Gasteiger partial charge in [0, 0.05) is 10.7 Å². The molecule has 0 spiro atoms. The van der Waals surface area contributed by atoms with E-state index in [0.29, 0.717) is 0 Å². The Labute approximate surface area is 92.0 Å². The Balaban J connectivity index is 3.42. The Morgan fingerprint density at radius 1 is 1.67 bits per heavy atom. The van der Waals surface area contributed by atoms with Crippen LogP contribution in [-0.4, -0.2) is 23.2 Å². The number of hydrogen-bond acceptors (Lipinski definition) is 3. The van der Waals surface area contributed by atoms with Crippen LogP contribution < -0.4 is 4.74 Å². The molecular weight excluding hydrogens is 276 g/mol. The third kappa shape index (κ3) is 2.23. The van der Waals surface area contributed by atoms with Crippen molar-refractivity contribution in [3.63, 3.8) is 0 Å². The normalized spacial score (nSPS) is 10.5. The van der Waals surface area contributed by atoms with E-state index in [0.717, 1.165) is 6.20 Å². The zero-order valence-corrected chi connectivity index (χ0v) is 9.09. The molecule has 0 radical (unpaired) electrons. The third-order valence-electron chi connectivity index (χ3n) is 1.65. The summed E-state index contributed by atoms with van der Waals surface area (Å²) in [5.41, 5.74) is -0.886. The van der Waals surface area contributed by atoms with Gasteiger partial charge in [0.2, 0.25) is 5.88 Å². The van der Waals surface area contributed by atoms with Gasteiger partial charge in [-0.05, 0) is 15.9 Å². The lowest BCUT2D eigenvalue weighted by atomic mass is 10.2. The van der Waals surface area contributed by atoms with E-state index in [-0.39, 0.29) is 10.4 Å². The molecule has 0 atom stereocenters. The average Bonchev–Trinajstić information content (AvgIpc) is 2.15. The first-order chi connectivity index (χ1) is 6.99. The predicted molar refractivity (Wildman–Crippen MR) is 50.4 cm³/mol. The second kappa shape index (κ2) is 4.52. The smallest absolute Gasteiger partial charge is 0.342 e. The summed E-state index contributed by atoms with van der Waals surface area (Å²) in [7, 11) is 1.21. The van der Waals surface area contributed by atoms with E-state index in [1.54, 1.807) is 0 Å². The van der Waals surface area contributed by atoms with Crippen molar-refractivity contribution in [2.75, 3.05) is 7.11 Å². The molecule has 0 bridgehead atoms. The van der Waals surface area contributed by atoms with Gasteiger partial charge >= 0.3 is 5.97 Å². The highest BCUT2D eigenvalue weighted by Crippen LogP contribution is 2.33. The average molecular weight is 282 g/mol. The number of nitrogens with zero attached hydrogens (tertiary/aromatic N) is 1. The van der Waals surface area contributed by atoms with Crippen molar-refractivity contribution < 1.29 is 23.4 Å². The van der Waals surface area contributed by atoms with Gasteiger partial charge in [0.15, 0.2) is 0 Å². The van der Waals surface area contributed by atoms with Crippen molar-refractivity contribution in [2.45, 2.75) is 6.43 Å². The molecule has 1 aromatic heterocycles. The summed E-state index contributed by atoms with van der Waals surface area (Å²) in [6, 6.07) is 0. The van der Waals surface area contributed by atoms with Crippen molar-refractivity contribution in [1.82, 2.24) is 4.98 Å². The first kappa shape index (κ1) is 11.8. The number of alkyl halides is 2. The minimum absolute atomic E-state index is 0.209. The lowest BCUT2D eigenvalue weighted by Gasteiger charge is -2.09. The summed E-state index contributed by atoms with van der Waals surface area (Å²) in [5.74, 6) is -1.59. The molecular formula is C8H6BrF2NO3. The molecule has 82 valence electrons. The number of ether oxygens (including phenoxy) is 1. The van der Waals surface area contributed by atoms with Crippen LogP contribution >= 0.6 is 15.9 Å². The SMILES string of the molecule is COc1ncc(C(F)F)c(Br)c1C(=O)O. The molecule has 1 rings (SSSR count).